The second-order valence-corrected chi connectivity index (χ2v) is 3.30. The Balaban J connectivity index is 2.91. The van der Waals surface area contributed by atoms with Crippen LogP contribution in [-0.2, 0) is 0 Å². The van der Waals surface area contributed by atoms with E-state index in [2.05, 4.69) is 20.8 Å². The summed E-state index contributed by atoms with van der Waals surface area (Å²) in [5.41, 5.74) is 5.58. The molecule has 0 aliphatic heterocycles. The van der Waals surface area contributed by atoms with Gasteiger partial charge in [0.25, 0.3) is 0 Å². The van der Waals surface area contributed by atoms with E-state index in [4.69, 9.17) is 5.73 Å². The first kappa shape index (κ1) is 8.96. The summed E-state index contributed by atoms with van der Waals surface area (Å²) >= 11 is 0. The van der Waals surface area contributed by atoms with Gasteiger partial charge in [-0.2, -0.15) is 0 Å². The fraction of sp³-hybridized carbons (Fsp3) is 1.00. The highest BCUT2D eigenvalue weighted by atomic mass is 14.6. The molecule has 0 bridgehead atoms. The minimum Gasteiger partial charge on any atom is -0.328 e. The van der Waals surface area contributed by atoms with Gasteiger partial charge in [-0.05, 0) is 19.3 Å². The van der Waals surface area contributed by atoms with Crippen molar-refractivity contribution in [1.29, 1.82) is 0 Å². The van der Waals surface area contributed by atoms with Crippen molar-refractivity contribution in [3.63, 3.8) is 0 Å². The smallest absolute Gasteiger partial charge is 0.00104 e. The molecule has 2 N–H and O–H groups in total. The van der Waals surface area contributed by atoms with Gasteiger partial charge in [-0.15, -0.1) is 0 Å². The topological polar surface area (TPSA) is 26.0 Å². The molecule has 0 rings (SSSR count). The fourth-order valence-electron chi connectivity index (χ4n) is 0.848. The molecule has 0 fully saturated rings. The van der Waals surface area contributed by atoms with E-state index in [0.717, 1.165) is 5.92 Å². The third kappa shape index (κ3) is 7.96. The maximum atomic E-state index is 5.58. The van der Waals surface area contributed by atoms with Gasteiger partial charge < -0.3 is 5.73 Å². The van der Waals surface area contributed by atoms with E-state index < -0.39 is 0 Å². The Morgan fingerprint density at radius 1 is 1.11 bits per heavy atom. The lowest BCUT2D eigenvalue weighted by Crippen LogP contribution is -2.14. The van der Waals surface area contributed by atoms with Gasteiger partial charge in [0, 0.05) is 6.04 Å². The van der Waals surface area contributed by atoms with Gasteiger partial charge in [-0.25, -0.2) is 0 Å². The van der Waals surface area contributed by atoms with E-state index in [1.165, 1.54) is 19.3 Å². The Labute approximate surface area is 58.6 Å². The Bertz CT molecular complexity index is 49.6. The van der Waals surface area contributed by atoms with Crippen LogP contribution in [0.3, 0.4) is 0 Å². The van der Waals surface area contributed by atoms with Crippen LogP contribution in [0.4, 0.5) is 0 Å². The average molecular weight is 129 g/mol. The predicted octanol–water partition coefficient (Wildman–Crippen LogP) is 2.16. The van der Waals surface area contributed by atoms with E-state index in [1.54, 1.807) is 0 Å². The van der Waals surface area contributed by atoms with Crippen LogP contribution in [-0.4, -0.2) is 6.04 Å². The van der Waals surface area contributed by atoms with Gasteiger partial charge in [0.2, 0.25) is 0 Å². The molecule has 0 unspecified atom stereocenters. The lowest BCUT2D eigenvalue weighted by Gasteiger charge is -2.05. The highest BCUT2D eigenvalue weighted by Crippen LogP contribution is 2.06. The highest BCUT2D eigenvalue weighted by Gasteiger charge is 1.95. The summed E-state index contributed by atoms with van der Waals surface area (Å²) in [5, 5.41) is 0. The molecule has 0 aromatic carbocycles. The zero-order valence-corrected chi connectivity index (χ0v) is 6.85. The van der Waals surface area contributed by atoms with Crippen molar-refractivity contribution in [3.8, 4) is 0 Å². The molecule has 0 saturated heterocycles. The Kier molecular flexibility index (Phi) is 4.78. The lowest BCUT2D eigenvalue weighted by atomic mass is 10.0. The Hall–Kier alpha value is -0.0400. The third-order valence-electron chi connectivity index (χ3n) is 1.44. The van der Waals surface area contributed by atoms with Gasteiger partial charge in [-0.1, -0.05) is 26.7 Å². The number of hydrogen-bond donors (Lipinski definition) is 1. The van der Waals surface area contributed by atoms with Crippen molar-refractivity contribution in [2.24, 2.45) is 11.7 Å². The highest BCUT2D eigenvalue weighted by molar-refractivity contribution is 4.54. The first-order valence-electron chi connectivity index (χ1n) is 3.88. The quantitative estimate of drug-likeness (QED) is 0.618. The molecule has 0 amide bonds. The molecule has 0 aliphatic carbocycles. The minimum atomic E-state index is 0.392. The molecule has 1 atom stereocenters. The normalized spacial score (nSPS) is 14.3. The molecule has 0 saturated carbocycles. The Morgan fingerprint density at radius 2 is 1.67 bits per heavy atom. The standard InChI is InChI=1S/C8H19N/c1-7(2)5-4-6-8(3)9/h7-8H,4-6,9H2,1-3H3/t8-/m0/s1. The van der Waals surface area contributed by atoms with Crippen LogP contribution < -0.4 is 5.73 Å². The summed E-state index contributed by atoms with van der Waals surface area (Å²) in [4.78, 5) is 0. The maximum absolute atomic E-state index is 5.58. The van der Waals surface area contributed by atoms with Crippen molar-refractivity contribution in [2.45, 2.75) is 46.1 Å². The molecule has 1 heteroatoms. The van der Waals surface area contributed by atoms with E-state index in [0.29, 0.717) is 6.04 Å². The molecule has 9 heavy (non-hydrogen) atoms. The van der Waals surface area contributed by atoms with Gasteiger partial charge in [0.15, 0.2) is 0 Å². The van der Waals surface area contributed by atoms with Crippen LogP contribution in [0.5, 0.6) is 0 Å². The number of nitrogens with two attached hydrogens (primary N) is 1. The van der Waals surface area contributed by atoms with Gasteiger partial charge in [-0.3, -0.25) is 0 Å². The number of rotatable bonds is 4. The lowest BCUT2D eigenvalue weighted by molar-refractivity contribution is 0.511. The summed E-state index contributed by atoms with van der Waals surface area (Å²) in [5.74, 6) is 0.837. The van der Waals surface area contributed by atoms with Crippen LogP contribution in [0.15, 0.2) is 0 Å². The summed E-state index contributed by atoms with van der Waals surface area (Å²) < 4.78 is 0. The molecular formula is C8H19N. The fourth-order valence-corrected chi connectivity index (χ4v) is 0.848. The van der Waals surface area contributed by atoms with E-state index in [-0.39, 0.29) is 0 Å². The van der Waals surface area contributed by atoms with Gasteiger partial charge in [0.05, 0.1) is 0 Å². The monoisotopic (exact) mass is 129 g/mol. The summed E-state index contributed by atoms with van der Waals surface area (Å²) in [7, 11) is 0. The van der Waals surface area contributed by atoms with Crippen molar-refractivity contribution in [3.05, 3.63) is 0 Å². The molecular weight excluding hydrogens is 110 g/mol. The first-order chi connectivity index (χ1) is 4.13. The van der Waals surface area contributed by atoms with Crippen LogP contribution in [0.1, 0.15) is 40.0 Å². The second-order valence-electron chi connectivity index (χ2n) is 3.30. The molecule has 56 valence electrons. The van der Waals surface area contributed by atoms with E-state index in [1.807, 2.05) is 0 Å². The first-order valence-corrected chi connectivity index (χ1v) is 3.88. The van der Waals surface area contributed by atoms with Crippen LogP contribution in [0.2, 0.25) is 0 Å². The molecule has 0 radical (unpaired) electrons. The molecule has 0 aromatic rings. The third-order valence-corrected chi connectivity index (χ3v) is 1.44. The molecule has 0 aliphatic rings. The van der Waals surface area contributed by atoms with Gasteiger partial charge in [0.1, 0.15) is 0 Å². The van der Waals surface area contributed by atoms with Crippen molar-refractivity contribution < 1.29 is 0 Å². The predicted molar refractivity (Wildman–Crippen MR) is 42.3 cm³/mol. The molecule has 0 aromatic heterocycles. The van der Waals surface area contributed by atoms with Crippen molar-refractivity contribution >= 4 is 0 Å². The summed E-state index contributed by atoms with van der Waals surface area (Å²) in [6, 6.07) is 0.392. The van der Waals surface area contributed by atoms with Crippen molar-refractivity contribution in [1.82, 2.24) is 0 Å². The molecule has 0 spiro atoms. The van der Waals surface area contributed by atoms with Crippen molar-refractivity contribution in [2.75, 3.05) is 0 Å². The maximum Gasteiger partial charge on any atom is 0.00104 e. The minimum absolute atomic E-state index is 0.392. The largest absolute Gasteiger partial charge is 0.328 e. The van der Waals surface area contributed by atoms with Gasteiger partial charge >= 0.3 is 0 Å². The van der Waals surface area contributed by atoms with Crippen LogP contribution in [0.25, 0.3) is 0 Å². The zero-order valence-electron chi connectivity index (χ0n) is 6.85. The summed E-state index contributed by atoms with van der Waals surface area (Å²) in [6.07, 6.45) is 3.79. The SMILES string of the molecule is CC(C)CCC[C@H](C)N. The van der Waals surface area contributed by atoms with Crippen LogP contribution >= 0.6 is 0 Å². The van der Waals surface area contributed by atoms with Crippen LogP contribution in [0, 0.1) is 5.92 Å². The second kappa shape index (κ2) is 4.80. The van der Waals surface area contributed by atoms with E-state index >= 15 is 0 Å². The molecule has 1 nitrogen and oxygen atoms in total. The summed E-state index contributed by atoms with van der Waals surface area (Å²) in [6.45, 7) is 6.57. The molecule has 0 heterocycles. The number of hydrogen-bond acceptors (Lipinski definition) is 1. The van der Waals surface area contributed by atoms with E-state index in [9.17, 15) is 0 Å². The Morgan fingerprint density at radius 3 is 2.00 bits per heavy atom. The zero-order chi connectivity index (χ0) is 7.28. The average Bonchev–Trinajstić information content (AvgIpc) is 1.63.